The fraction of sp³-hybridized carbons (Fsp3) is 0.308. The lowest BCUT2D eigenvalue weighted by atomic mass is 10.1. The minimum Gasteiger partial charge on any atom is -0.349 e. The molecule has 1 amide bonds. The molecule has 0 spiro atoms. The first-order valence-electron chi connectivity index (χ1n) is 5.06. The van der Waals surface area contributed by atoms with Gasteiger partial charge in [-0.2, -0.15) is 0 Å². The molecule has 1 unspecified atom stereocenters. The lowest BCUT2D eigenvalue weighted by molar-refractivity contribution is 0.0941. The molecule has 16 heavy (non-hydrogen) atoms. The predicted octanol–water partition coefficient (Wildman–Crippen LogP) is 2.72. The van der Waals surface area contributed by atoms with Crippen molar-refractivity contribution >= 4 is 21.8 Å². The van der Waals surface area contributed by atoms with E-state index in [0.29, 0.717) is 12.0 Å². The second-order valence-electron chi connectivity index (χ2n) is 3.61. The van der Waals surface area contributed by atoms with E-state index in [1.807, 2.05) is 31.2 Å². The lowest BCUT2D eigenvalue weighted by Crippen LogP contribution is -2.32. The third kappa shape index (κ3) is 3.71. The van der Waals surface area contributed by atoms with Crippen LogP contribution in [-0.2, 0) is 5.33 Å². The monoisotopic (exact) mass is 279 g/mol. The van der Waals surface area contributed by atoms with Crippen molar-refractivity contribution in [1.29, 1.82) is 0 Å². The quantitative estimate of drug-likeness (QED) is 0.667. The molecular formula is C13H14BrNO. The van der Waals surface area contributed by atoms with Gasteiger partial charge in [-0.05, 0) is 24.6 Å². The van der Waals surface area contributed by atoms with Gasteiger partial charge in [0.1, 0.15) is 0 Å². The average molecular weight is 280 g/mol. The number of amides is 1. The van der Waals surface area contributed by atoms with Crippen molar-refractivity contribution < 1.29 is 4.79 Å². The van der Waals surface area contributed by atoms with E-state index in [0.717, 1.165) is 10.9 Å². The third-order valence-electron chi connectivity index (χ3n) is 2.17. The summed E-state index contributed by atoms with van der Waals surface area (Å²) < 4.78 is 0. The minimum absolute atomic E-state index is 0.00773. The highest BCUT2D eigenvalue weighted by Gasteiger charge is 2.08. The highest BCUT2D eigenvalue weighted by atomic mass is 79.9. The van der Waals surface area contributed by atoms with Crippen LogP contribution in [-0.4, -0.2) is 11.9 Å². The van der Waals surface area contributed by atoms with E-state index in [9.17, 15) is 4.79 Å². The molecule has 0 fully saturated rings. The van der Waals surface area contributed by atoms with Crippen molar-refractivity contribution in [3.05, 3.63) is 35.4 Å². The Morgan fingerprint density at radius 3 is 2.62 bits per heavy atom. The number of alkyl halides is 1. The highest BCUT2D eigenvalue weighted by Crippen LogP contribution is 2.08. The highest BCUT2D eigenvalue weighted by molar-refractivity contribution is 9.08. The maximum atomic E-state index is 11.7. The van der Waals surface area contributed by atoms with Crippen LogP contribution >= 0.6 is 15.9 Å². The van der Waals surface area contributed by atoms with Crippen LogP contribution in [0.1, 0.15) is 29.3 Å². The van der Waals surface area contributed by atoms with Gasteiger partial charge < -0.3 is 5.32 Å². The summed E-state index contributed by atoms with van der Waals surface area (Å²) in [6.45, 7) is 1.89. The van der Waals surface area contributed by atoms with Gasteiger partial charge in [0.25, 0.3) is 5.91 Å². The number of rotatable bonds is 4. The average Bonchev–Trinajstić information content (AvgIpc) is 2.29. The van der Waals surface area contributed by atoms with Gasteiger partial charge >= 0.3 is 0 Å². The minimum atomic E-state index is -0.0797. The SMILES string of the molecule is C#CCC(C)NC(=O)c1ccc(CBr)cc1. The van der Waals surface area contributed by atoms with Gasteiger partial charge in [0, 0.05) is 23.4 Å². The summed E-state index contributed by atoms with van der Waals surface area (Å²) in [6.07, 6.45) is 5.72. The van der Waals surface area contributed by atoms with Crippen LogP contribution in [0.2, 0.25) is 0 Å². The van der Waals surface area contributed by atoms with Crippen molar-refractivity contribution in [2.24, 2.45) is 0 Å². The molecule has 84 valence electrons. The zero-order chi connectivity index (χ0) is 12.0. The Morgan fingerprint density at radius 1 is 1.50 bits per heavy atom. The molecule has 1 N–H and O–H groups in total. The zero-order valence-electron chi connectivity index (χ0n) is 9.16. The molecule has 1 atom stereocenters. The van der Waals surface area contributed by atoms with E-state index in [1.165, 1.54) is 0 Å². The summed E-state index contributed by atoms with van der Waals surface area (Å²) >= 11 is 3.36. The standard InChI is InChI=1S/C13H14BrNO/c1-3-4-10(2)15-13(16)12-7-5-11(9-14)6-8-12/h1,5-8,10H,4,9H2,2H3,(H,15,16). The molecule has 1 rings (SSSR count). The van der Waals surface area contributed by atoms with E-state index >= 15 is 0 Å². The smallest absolute Gasteiger partial charge is 0.251 e. The van der Waals surface area contributed by atoms with E-state index in [1.54, 1.807) is 0 Å². The van der Waals surface area contributed by atoms with Crippen LogP contribution < -0.4 is 5.32 Å². The topological polar surface area (TPSA) is 29.1 Å². The van der Waals surface area contributed by atoms with E-state index in [-0.39, 0.29) is 11.9 Å². The molecule has 0 bridgehead atoms. The first-order chi connectivity index (χ1) is 7.67. The van der Waals surface area contributed by atoms with Crippen molar-refractivity contribution in [2.45, 2.75) is 24.7 Å². The van der Waals surface area contributed by atoms with Crippen molar-refractivity contribution in [3.8, 4) is 12.3 Å². The Morgan fingerprint density at radius 2 is 2.12 bits per heavy atom. The fourth-order valence-corrected chi connectivity index (χ4v) is 1.65. The first kappa shape index (κ1) is 12.8. The van der Waals surface area contributed by atoms with E-state index in [4.69, 9.17) is 6.42 Å². The predicted molar refractivity (Wildman–Crippen MR) is 69.5 cm³/mol. The van der Waals surface area contributed by atoms with Crippen LogP contribution in [0.4, 0.5) is 0 Å². The Kier molecular flexibility index (Phi) is 5.07. The Hall–Kier alpha value is -1.27. The summed E-state index contributed by atoms with van der Waals surface area (Å²) in [6, 6.07) is 7.49. The Balaban J connectivity index is 2.63. The number of carbonyl (C=O) groups excluding carboxylic acids is 1. The number of hydrogen-bond donors (Lipinski definition) is 1. The summed E-state index contributed by atoms with van der Waals surface area (Å²) in [5, 5.41) is 3.64. The summed E-state index contributed by atoms with van der Waals surface area (Å²) in [7, 11) is 0. The second-order valence-corrected chi connectivity index (χ2v) is 4.17. The normalized spacial score (nSPS) is 11.6. The zero-order valence-corrected chi connectivity index (χ0v) is 10.8. The van der Waals surface area contributed by atoms with Gasteiger partial charge in [-0.1, -0.05) is 28.1 Å². The van der Waals surface area contributed by atoms with Gasteiger partial charge in [0.2, 0.25) is 0 Å². The first-order valence-corrected chi connectivity index (χ1v) is 6.18. The Bertz CT molecular complexity index is 391. The molecule has 2 nitrogen and oxygen atoms in total. The Labute approximate surface area is 105 Å². The maximum absolute atomic E-state index is 11.7. The molecule has 1 aromatic rings. The van der Waals surface area contributed by atoms with Crippen LogP contribution in [0.5, 0.6) is 0 Å². The molecule has 0 radical (unpaired) electrons. The van der Waals surface area contributed by atoms with Crippen LogP contribution in [0.25, 0.3) is 0 Å². The van der Waals surface area contributed by atoms with Gasteiger partial charge in [0.15, 0.2) is 0 Å². The van der Waals surface area contributed by atoms with Gasteiger partial charge in [0.05, 0.1) is 0 Å². The number of terminal acetylenes is 1. The van der Waals surface area contributed by atoms with Crippen LogP contribution in [0.3, 0.4) is 0 Å². The molecule has 0 aliphatic rings. The largest absolute Gasteiger partial charge is 0.349 e. The molecule has 0 heterocycles. The van der Waals surface area contributed by atoms with Crippen molar-refractivity contribution in [3.63, 3.8) is 0 Å². The fourth-order valence-electron chi connectivity index (χ4n) is 1.28. The lowest BCUT2D eigenvalue weighted by Gasteiger charge is -2.10. The molecule has 0 saturated heterocycles. The number of nitrogens with one attached hydrogen (secondary N) is 1. The van der Waals surface area contributed by atoms with Gasteiger partial charge in [-0.25, -0.2) is 0 Å². The summed E-state index contributed by atoms with van der Waals surface area (Å²) in [4.78, 5) is 11.7. The molecule has 0 saturated carbocycles. The van der Waals surface area contributed by atoms with E-state index in [2.05, 4.69) is 27.2 Å². The molecule has 0 aliphatic carbocycles. The number of halogens is 1. The summed E-state index contributed by atoms with van der Waals surface area (Å²) in [5.74, 6) is 2.44. The van der Waals surface area contributed by atoms with Crippen molar-refractivity contribution in [2.75, 3.05) is 0 Å². The molecule has 0 aromatic heterocycles. The number of carbonyl (C=O) groups is 1. The third-order valence-corrected chi connectivity index (χ3v) is 2.82. The van der Waals surface area contributed by atoms with Crippen LogP contribution in [0.15, 0.2) is 24.3 Å². The van der Waals surface area contributed by atoms with Gasteiger partial charge in [-0.3, -0.25) is 4.79 Å². The molecule has 1 aromatic carbocycles. The van der Waals surface area contributed by atoms with Crippen LogP contribution in [0, 0.1) is 12.3 Å². The second kappa shape index (κ2) is 6.34. The molecule has 0 aliphatic heterocycles. The molecular weight excluding hydrogens is 266 g/mol. The van der Waals surface area contributed by atoms with E-state index < -0.39 is 0 Å². The van der Waals surface area contributed by atoms with Gasteiger partial charge in [-0.15, -0.1) is 12.3 Å². The number of hydrogen-bond acceptors (Lipinski definition) is 1. The molecule has 3 heteroatoms. The number of benzene rings is 1. The van der Waals surface area contributed by atoms with Crippen molar-refractivity contribution in [1.82, 2.24) is 5.32 Å². The summed E-state index contributed by atoms with van der Waals surface area (Å²) in [5.41, 5.74) is 1.81. The maximum Gasteiger partial charge on any atom is 0.251 e.